The van der Waals surface area contributed by atoms with E-state index in [4.69, 9.17) is 9.47 Å². The van der Waals surface area contributed by atoms with E-state index in [2.05, 4.69) is 0 Å². The number of hydrogen-bond acceptors (Lipinski definition) is 3. The lowest BCUT2D eigenvalue weighted by Gasteiger charge is -2.08. The lowest BCUT2D eigenvalue weighted by molar-refractivity contribution is 0.0173. The molecule has 0 saturated carbocycles. The summed E-state index contributed by atoms with van der Waals surface area (Å²) in [5.41, 5.74) is -0.0490. The third-order valence-electron chi connectivity index (χ3n) is 1.86. The maximum absolute atomic E-state index is 13.1. The molecule has 88 valence electrons. The molecule has 0 heterocycles. The molecule has 0 fully saturated rings. The number of rotatable bonds is 5. The Bertz CT molecular complexity index is 350. The van der Waals surface area contributed by atoms with Crippen LogP contribution in [0.2, 0.25) is 0 Å². The van der Waals surface area contributed by atoms with Crippen molar-refractivity contribution >= 4 is 5.97 Å². The average Bonchev–Trinajstić information content (AvgIpc) is 2.24. The van der Waals surface area contributed by atoms with E-state index in [9.17, 15) is 9.18 Å². The highest BCUT2D eigenvalue weighted by atomic mass is 19.1. The largest absolute Gasteiger partial charge is 0.460 e. The zero-order chi connectivity index (χ0) is 12.0. The summed E-state index contributed by atoms with van der Waals surface area (Å²) in [5, 5.41) is 0. The highest BCUT2D eigenvalue weighted by Crippen LogP contribution is 2.07. The van der Waals surface area contributed by atoms with E-state index in [1.54, 1.807) is 6.07 Å². The third-order valence-corrected chi connectivity index (χ3v) is 1.86. The van der Waals surface area contributed by atoms with Gasteiger partial charge in [-0.05, 0) is 26.0 Å². The zero-order valence-electron chi connectivity index (χ0n) is 9.40. The van der Waals surface area contributed by atoms with Crippen LogP contribution in [0, 0.1) is 5.82 Å². The monoisotopic (exact) mass is 226 g/mol. The Morgan fingerprint density at radius 3 is 2.62 bits per heavy atom. The van der Waals surface area contributed by atoms with Crippen LogP contribution >= 0.6 is 0 Å². The molecule has 16 heavy (non-hydrogen) atoms. The van der Waals surface area contributed by atoms with Crippen molar-refractivity contribution in [2.75, 3.05) is 13.2 Å². The van der Waals surface area contributed by atoms with Crippen LogP contribution in [0.3, 0.4) is 0 Å². The lowest BCUT2D eigenvalue weighted by atomic mass is 10.2. The van der Waals surface area contributed by atoms with Crippen molar-refractivity contribution in [3.8, 4) is 0 Å². The SMILES string of the molecule is CC(C)OCCOC(=O)c1ccccc1F. The van der Waals surface area contributed by atoms with Gasteiger partial charge in [-0.3, -0.25) is 0 Å². The number of carbonyl (C=O) groups excluding carboxylic acids is 1. The number of hydrogen-bond donors (Lipinski definition) is 0. The van der Waals surface area contributed by atoms with Gasteiger partial charge in [0.1, 0.15) is 12.4 Å². The number of ether oxygens (including phenoxy) is 2. The predicted octanol–water partition coefficient (Wildman–Crippen LogP) is 2.41. The van der Waals surface area contributed by atoms with Gasteiger partial charge in [0, 0.05) is 0 Å². The highest BCUT2D eigenvalue weighted by Gasteiger charge is 2.11. The van der Waals surface area contributed by atoms with Crippen LogP contribution in [0.5, 0.6) is 0 Å². The molecule has 1 aromatic rings. The average molecular weight is 226 g/mol. The van der Waals surface area contributed by atoms with Gasteiger partial charge in [0.25, 0.3) is 0 Å². The number of halogens is 1. The molecule has 3 nitrogen and oxygen atoms in total. The van der Waals surface area contributed by atoms with Crippen molar-refractivity contribution in [1.29, 1.82) is 0 Å². The summed E-state index contributed by atoms with van der Waals surface area (Å²) in [7, 11) is 0. The Hall–Kier alpha value is -1.42. The first-order chi connectivity index (χ1) is 7.61. The number of benzene rings is 1. The fourth-order valence-electron chi connectivity index (χ4n) is 1.12. The first-order valence-electron chi connectivity index (χ1n) is 5.14. The molecule has 0 amide bonds. The van der Waals surface area contributed by atoms with Gasteiger partial charge in [0.05, 0.1) is 18.3 Å². The molecule has 4 heteroatoms. The lowest BCUT2D eigenvalue weighted by Crippen LogP contribution is -2.14. The molecular weight excluding hydrogens is 211 g/mol. The molecule has 0 aromatic heterocycles. The Morgan fingerprint density at radius 2 is 2.00 bits per heavy atom. The van der Waals surface area contributed by atoms with E-state index < -0.39 is 11.8 Å². The quantitative estimate of drug-likeness (QED) is 0.571. The molecule has 0 N–H and O–H groups in total. The van der Waals surface area contributed by atoms with Crippen molar-refractivity contribution in [1.82, 2.24) is 0 Å². The molecule has 0 aliphatic heterocycles. The van der Waals surface area contributed by atoms with Gasteiger partial charge in [0.2, 0.25) is 0 Å². The van der Waals surface area contributed by atoms with Crippen LogP contribution in [0.4, 0.5) is 4.39 Å². The van der Waals surface area contributed by atoms with Crippen molar-refractivity contribution in [3.05, 3.63) is 35.6 Å². The normalized spacial score (nSPS) is 10.5. The molecule has 0 radical (unpaired) electrons. The maximum Gasteiger partial charge on any atom is 0.341 e. The topological polar surface area (TPSA) is 35.5 Å². The van der Waals surface area contributed by atoms with Crippen LogP contribution in [0.25, 0.3) is 0 Å². The van der Waals surface area contributed by atoms with Gasteiger partial charge < -0.3 is 9.47 Å². The predicted molar refractivity (Wildman–Crippen MR) is 57.8 cm³/mol. The molecule has 0 spiro atoms. The van der Waals surface area contributed by atoms with E-state index in [1.165, 1.54) is 18.2 Å². The molecular formula is C12H15FO3. The van der Waals surface area contributed by atoms with Crippen LogP contribution in [0.1, 0.15) is 24.2 Å². The van der Waals surface area contributed by atoms with Crippen LogP contribution in [0.15, 0.2) is 24.3 Å². The van der Waals surface area contributed by atoms with E-state index in [1.807, 2.05) is 13.8 Å². The fraction of sp³-hybridized carbons (Fsp3) is 0.417. The Morgan fingerprint density at radius 1 is 1.31 bits per heavy atom. The highest BCUT2D eigenvalue weighted by molar-refractivity contribution is 5.89. The Labute approximate surface area is 94.2 Å². The molecule has 1 aromatic carbocycles. The van der Waals surface area contributed by atoms with Crippen molar-refractivity contribution in [2.45, 2.75) is 20.0 Å². The Balaban J connectivity index is 2.39. The second-order valence-electron chi connectivity index (χ2n) is 3.54. The Kier molecular flexibility index (Phi) is 4.92. The molecule has 0 saturated heterocycles. The van der Waals surface area contributed by atoms with E-state index in [0.29, 0.717) is 6.61 Å². The minimum absolute atomic E-state index is 0.0490. The number of carbonyl (C=O) groups is 1. The molecule has 0 unspecified atom stereocenters. The first kappa shape index (κ1) is 12.6. The summed E-state index contributed by atoms with van der Waals surface area (Å²) >= 11 is 0. The molecule has 1 rings (SSSR count). The minimum atomic E-state index is -0.662. The van der Waals surface area contributed by atoms with Gasteiger partial charge in [-0.2, -0.15) is 0 Å². The van der Waals surface area contributed by atoms with Crippen LogP contribution < -0.4 is 0 Å². The van der Waals surface area contributed by atoms with Crippen molar-refractivity contribution in [3.63, 3.8) is 0 Å². The first-order valence-corrected chi connectivity index (χ1v) is 5.14. The van der Waals surface area contributed by atoms with Gasteiger partial charge in [-0.15, -0.1) is 0 Å². The third kappa shape index (κ3) is 3.98. The second kappa shape index (κ2) is 6.23. The van der Waals surface area contributed by atoms with E-state index >= 15 is 0 Å². The van der Waals surface area contributed by atoms with E-state index in [-0.39, 0.29) is 18.3 Å². The minimum Gasteiger partial charge on any atom is -0.460 e. The van der Waals surface area contributed by atoms with Gasteiger partial charge in [0.15, 0.2) is 0 Å². The summed E-state index contributed by atoms with van der Waals surface area (Å²) in [4.78, 5) is 11.4. The second-order valence-corrected chi connectivity index (χ2v) is 3.54. The van der Waals surface area contributed by atoms with Crippen molar-refractivity contribution < 1.29 is 18.7 Å². The zero-order valence-corrected chi connectivity index (χ0v) is 9.40. The summed E-state index contributed by atoms with van der Waals surface area (Å²) in [5.74, 6) is -1.23. The van der Waals surface area contributed by atoms with Crippen molar-refractivity contribution in [2.24, 2.45) is 0 Å². The van der Waals surface area contributed by atoms with E-state index in [0.717, 1.165) is 0 Å². The maximum atomic E-state index is 13.1. The molecule has 0 atom stereocenters. The van der Waals surface area contributed by atoms with Gasteiger partial charge in [-0.25, -0.2) is 9.18 Å². The summed E-state index contributed by atoms with van der Waals surface area (Å²) < 4.78 is 23.2. The molecule has 0 aliphatic rings. The number of esters is 1. The fourth-order valence-corrected chi connectivity index (χ4v) is 1.12. The van der Waals surface area contributed by atoms with Gasteiger partial charge >= 0.3 is 5.97 Å². The molecule has 0 bridgehead atoms. The standard InChI is InChI=1S/C12H15FO3/c1-9(2)15-7-8-16-12(14)10-5-3-4-6-11(10)13/h3-6,9H,7-8H2,1-2H3. The van der Waals surface area contributed by atoms with Gasteiger partial charge in [-0.1, -0.05) is 12.1 Å². The summed E-state index contributed by atoms with van der Waals surface area (Å²) in [6, 6.07) is 5.72. The van der Waals surface area contributed by atoms with Crippen LogP contribution in [-0.2, 0) is 9.47 Å². The summed E-state index contributed by atoms with van der Waals surface area (Å²) in [6.45, 7) is 4.22. The summed E-state index contributed by atoms with van der Waals surface area (Å²) in [6.07, 6.45) is 0.0900. The molecule has 0 aliphatic carbocycles. The van der Waals surface area contributed by atoms with Crippen LogP contribution in [-0.4, -0.2) is 25.3 Å². The smallest absolute Gasteiger partial charge is 0.341 e.